The molecule has 4 heteroatoms. The van der Waals surface area contributed by atoms with E-state index in [1.54, 1.807) is 0 Å². The standard InChI is InChI=1S/C21H25NO3/c23-19-8-9-20(24)21(16-19)25-15-5-4-12-22-13-10-18(11-14-22)17-6-2-1-3-7-17/h1-3,6-10,16,23-24H,4-5,11-15H2. The van der Waals surface area contributed by atoms with E-state index in [4.69, 9.17) is 4.74 Å². The highest BCUT2D eigenvalue weighted by molar-refractivity contribution is 5.66. The zero-order valence-electron chi connectivity index (χ0n) is 14.4. The van der Waals surface area contributed by atoms with Crippen molar-refractivity contribution in [3.63, 3.8) is 0 Å². The molecule has 2 N–H and O–H groups in total. The lowest BCUT2D eigenvalue weighted by Gasteiger charge is -2.26. The maximum atomic E-state index is 9.66. The molecular formula is C21H25NO3. The molecule has 132 valence electrons. The number of ether oxygens (including phenoxy) is 1. The minimum Gasteiger partial charge on any atom is -0.508 e. The normalized spacial score (nSPS) is 15.0. The molecule has 0 amide bonds. The van der Waals surface area contributed by atoms with Gasteiger partial charge in [-0.2, -0.15) is 0 Å². The van der Waals surface area contributed by atoms with Crippen LogP contribution in [0.2, 0.25) is 0 Å². The first kappa shape index (κ1) is 17.4. The minimum atomic E-state index is 0.0624. The van der Waals surface area contributed by atoms with Crippen molar-refractivity contribution in [1.29, 1.82) is 0 Å². The molecule has 4 nitrogen and oxygen atoms in total. The van der Waals surface area contributed by atoms with Gasteiger partial charge in [-0.3, -0.25) is 4.90 Å². The van der Waals surface area contributed by atoms with Crippen molar-refractivity contribution in [3.8, 4) is 17.2 Å². The van der Waals surface area contributed by atoms with Gasteiger partial charge in [-0.15, -0.1) is 0 Å². The number of aromatic hydroxyl groups is 2. The fraction of sp³-hybridized carbons (Fsp3) is 0.333. The van der Waals surface area contributed by atoms with Crippen LogP contribution in [-0.2, 0) is 0 Å². The van der Waals surface area contributed by atoms with E-state index < -0.39 is 0 Å². The molecule has 1 aliphatic heterocycles. The molecule has 0 atom stereocenters. The SMILES string of the molecule is Oc1ccc(O)c(OCCCCN2CC=C(c3ccccc3)CC2)c1. The summed E-state index contributed by atoms with van der Waals surface area (Å²) in [5, 5.41) is 19.1. The molecule has 0 aromatic heterocycles. The Morgan fingerprint density at radius 1 is 1.00 bits per heavy atom. The Hall–Kier alpha value is -2.46. The first-order valence-electron chi connectivity index (χ1n) is 8.84. The molecule has 2 aromatic rings. The van der Waals surface area contributed by atoms with E-state index in [2.05, 4.69) is 41.3 Å². The van der Waals surface area contributed by atoms with Crippen LogP contribution in [0, 0.1) is 0 Å². The number of rotatable bonds is 7. The fourth-order valence-corrected chi connectivity index (χ4v) is 3.07. The van der Waals surface area contributed by atoms with Gasteiger partial charge in [-0.25, -0.2) is 0 Å². The molecule has 0 aliphatic carbocycles. The predicted octanol–water partition coefficient (Wildman–Crippen LogP) is 4.05. The van der Waals surface area contributed by atoms with Gasteiger partial charge in [0.1, 0.15) is 5.75 Å². The van der Waals surface area contributed by atoms with Crippen molar-refractivity contribution >= 4 is 5.57 Å². The zero-order chi connectivity index (χ0) is 17.5. The minimum absolute atomic E-state index is 0.0624. The molecule has 0 saturated heterocycles. The van der Waals surface area contributed by atoms with Crippen LogP contribution < -0.4 is 4.74 Å². The van der Waals surface area contributed by atoms with E-state index in [1.807, 2.05) is 0 Å². The Morgan fingerprint density at radius 3 is 2.60 bits per heavy atom. The highest BCUT2D eigenvalue weighted by atomic mass is 16.5. The summed E-state index contributed by atoms with van der Waals surface area (Å²) in [6, 6.07) is 14.9. The number of unbranched alkanes of at least 4 members (excludes halogenated alkanes) is 1. The van der Waals surface area contributed by atoms with Gasteiger partial charge < -0.3 is 14.9 Å². The largest absolute Gasteiger partial charge is 0.508 e. The number of nitrogens with zero attached hydrogens (tertiary/aromatic N) is 1. The highest BCUT2D eigenvalue weighted by Crippen LogP contribution is 2.29. The van der Waals surface area contributed by atoms with E-state index in [-0.39, 0.29) is 11.5 Å². The van der Waals surface area contributed by atoms with Crippen molar-refractivity contribution in [2.75, 3.05) is 26.2 Å². The highest BCUT2D eigenvalue weighted by Gasteiger charge is 2.12. The molecule has 0 saturated carbocycles. The van der Waals surface area contributed by atoms with Crippen molar-refractivity contribution in [2.24, 2.45) is 0 Å². The van der Waals surface area contributed by atoms with Gasteiger partial charge in [-0.1, -0.05) is 36.4 Å². The van der Waals surface area contributed by atoms with Gasteiger partial charge in [-0.05, 0) is 49.1 Å². The summed E-state index contributed by atoms with van der Waals surface area (Å²) in [5.41, 5.74) is 2.78. The monoisotopic (exact) mass is 339 g/mol. The summed E-state index contributed by atoms with van der Waals surface area (Å²) < 4.78 is 5.54. The third kappa shape index (κ3) is 5.00. The number of hydrogen-bond acceptors (Lipinski definition) is 4. The van der Waals surface area contributed by atoms with Crippen LogP contribution in [0.25, 0.3) is 5.57 Å². The molecule has 0 fully saturated rings. The Kier molecular flexibility index (Phi) is 5.96. The van der Waals surface area contributed by atoms with Crippen molar-refractivity contribution in [1.82, 2.24) is 4.90 Å². The molecule has 0 bridgehead atoms. The van der Waals surface area contributed by atoms with Crippen LogP contribution >= 0.6 is 0 Å². The number of benzene rings is 2. The summed E-state index contributed by atoms with van der Waals surface area (Å²) in [4.78, 5) is 2.46. The van der Waals surface area contributed by atoms with E-state index >= 15 is 0 Å². The summed E-state index contributed by atoms with van der Waals surface area (Å²) in [5.74, 6) is 0.503. The third-order valence-corrected chi connectivity index (χ3v) is 4.51. The van der Waals surface area contributed by atoms with E-state index in [0.29, 0.717) is 12.4 Å². The van der Waals surface area contributed by atoms with Crippen LogP contribution in [0.1, 0.15) is 24.8 Å². The van der Waals surface area contributed by atoms with Gasteiger partial charge in [0, 0.05) is 19.2 Å². The molecule has 1 heterocycles. The van der Waals surface area contributed by atoms with Gasteiger partial charge >= 0.3 is 0 Å². The zero-order valence-corrected chi connectivity index (χ0v) is 14.4. The van der Waals surface area contributed by atoms with Crippen LogP contribution in [0.4, 0.5) is 0 Å². The average Bonchev–Trinajstić information content (AvgIpc) is 2.65. The maximum Gasteiger partial charge on any atom is 0.164 e. The second-order valence-electron chi connectivity index (χ2n) is 6.35. The van der Waals surface area contributed by atoms with E-state index in [1.165, 1.54) is 29.3 Å². The van der Waals surface area contributed by atoms with Crippen LogP contribution in [0.5, 0.6) is 17.2 Å². The summed E-state index contributed by atoms with van der Waals surface area (Å²) >= 11 is 0. The maximum absolute atomic E-state index is 9.66. The van der Waals surface area contributed by atoms with Crippen LogP contribution in [-0.4, -0.2) is 41.4 Å². The van der Waals surface area contributed by atoms with E-state index in [0.717, 1.165) is 38.9 Å². The fourth-order valence-electron chi connectivity index (χ4n) is 3.07. The molecule has 0 radical (unpaired) electrons. The molecular weight excluding hydrogens is 314 g/mol. The second kappa shape index (κ2) is 8.58. The first-order valence-corrected chi connectivity index (χ1v) is 8.84. The molecule has 2 aromatic carbocycles. The molecule has 1 aliphatic rings. The summed E-state index contributed by atoms with van der Waals surface area (Å²) in [6.45, 7) is 3.68. The molecule has 25 heavy (non-hydrogen) atoms. The number of phenols is 2. The Morgan fingerprint density at radius 2 is 1.84 bits per heavy atom. The van der Waals surface area contributed by atoms with Gasteiger partial charge in [0.25, 0.3) is 0 Å². The molecule has 0 unspecified atom stereocenters. The smallest absolute Gasteiger partial charge is 0.164 e. The predicted molar refractivity (Wildman–Crippen MR) is 100.0 cm³/mol. The molecule has 3 rings (SSSR count). The first-order chi connectivity index (χ1) is 12.2. The lowest BCUT2D eigenvalue weighted by atomic mass is 9.99. The van der Waals surface area contributed by atoms with Crippen LogP contribution in [0.15, 0.2) is 54.6 Å². The molecule has 0 spiro atoms. The lowest BCUT2D eigenvalue weighted by molar-refractivity contribution is 0.259. The van der Waals surface area contributed by atoms with Crippen LogP contribution in [0.3, 0.4) is 0 Å². The topological polar surface area (TPSA) is 52.9 Å². The number of phenolic OH excluding ortho intramolecular Hbond substituents is 2. The summed E-state index contributed by atoms with van der Waals surface area (Å²) in [6.07, 6.45) is 5.40. The quantitative estimate of drug-likeness (QED) is 0.590. The third-order valence-electron chi connectivity index (χ3n) is 4.51. The Balaban J connectivity index is 1.36. The number of hydrogen-bond donors (Lipinski definition) is 2. The lowest BCUT2D eigenvalue weighted by Crippen LogP contribution is -2.29. The second-order valence-corrected chi connectivity index (χ2v) is 6.35. The average molecular weight is 339 g/mol. The van der Waals surface area contributed by atoms with Gasteiger partial charge in [0.2, 0.25) is 0 Å². The van der Waals surface area contributed by atoms with E-state index in [9.17, 15) is 10.2 Å². The van der Waals surface area contributed by atoms with Gasteiger partial charge in [0.15, 0.2) is 11.5 Å². The Labute approximate surface area is 149 Å². The van der Waals surface area contributed by atoms with Gasteiger partial charge in [0.05, 0.1) is 6.61 Å². The van der Waals surface area contributed by atoms with Crippen molar-refractivity contribution in [2.45, 2.75) is 19.3 Å². The van der Waals surface area contributed by atoms with Crippen molar-refractivity contribution in [3.05, 3.63) is 60.2 Å². The summed E-state index contributed by atoms with van der Waals surface area (Å²) in [7, 11) is 0. The Bertz CT molecular complexity index is 712. The van der Waals surface area contributed by atoms with Crippen molar-refractivity contribution < 1.29 is 14.9 Å².